The largest absolute Gasteiger partial charge is 0.370 e. The van der Waals surface area contributed by atoms with E-state index < -0.39 is 0 Å². The molecule has 1 aromatic carbocycles. The van der Waals surface area contributed by atoms with Crippen LogP contribution in [-0.4, -0.2) is 36.4 Å². The lowest BCUT2D eigenvalue weighted by atomic mass is 10.00. The molecule has 0 aromatic heterocycles. The van der Waals surface area contributed by atoms with Crippen LogP contribution in [0, 0.1) is 0 Å². The number of nitrogens with one attached hydrogen (secondary N) is 1. The van der Waals surface area contributed by atoms with Gasteiger partial charge in [-0.2, -0.15) is 0 Å². The van der Waals surface area contributed by atoms with E-state index in [0.717, 1.165) is 25.9 Å². The molecule has 3 N–H and O–H groups in total. The molecule has 2 rings (SSSR count). The van der Waals surface area contributed by atoms with Crippen LogP contribution in [0.5, 0.6) is 0 Å². The van der Waals surface area contributed by atoms with Crippen molar-refractivity contribution in [3.63, 3.8) is 0 Å². The Balaban J connectivity index is 1.64. The maximum atomic E-state index is 12.3. The third-order valence-corrected chi connectivity index (χ3v) is 4.70. The molecule has 5 nitrogen and oxygen atoms in total. The van der Waals surface area contributed by atoms with Gasteiger partial charge in [0.05, 0.1) is 0 Å². The van der Waals surface area contributed by atoms with Crippen LogP contribution in [0.3, 0.4) is 0 Å². The van der Waals surface area contributed by atoms with E-state index in [1.165, 1.54) is 43.2 Å². The van der Waals surface area contributed by atoms with Gasteiger partial charge in [-0.25, -0.2) is 4.99 Å². The van der Waals surface area contributed by atoms with Crippen molar-refractivity contribution < 1.29 is 4.79 Å². The van der Waals surface area contributed by atoms with Crippen molar-refractivity contribution in [1.82, 2.24) is 10.2 Å². The highest BCUT2D eigenvalue weighted by atomic mass is 16.2. The zero-order valence-electron chi connectivity index (χ0n) is 15.5. The van der Waals surface area contributed by atoms with Crippen LogP contribution in [0.4, 0.5) is 0 Å². The van der Waals surface area contributed by atoms with E-state index in [0.29, 0.717) is 12.5 Å². The monoisotopic (exact) mass is 344 g/mol. The highest BCUT2D eigenvalue weighted by Crippen LogP contribution is 2.18. The molecule has 0 radical (unpaired) electrons. The van der Waals surface area contributed by atoms with Crippen LogP contribution in [0.1, 0.15) is 56.6 Å². The summed E-state index contributed by atoms with van der Waals surface area (Å²) in [5.74, 6) is 0.415. The number of rotatable bonds is 9. The number of unbranched alkanes of at least 4 members (excludes halogenated alkanes) is 5. The fourth-order valence-electron chi connectivity index (χ4n) is 3.14. The molecule has 0 bridgehead atoms. The Morgan fingerprint density at radius 2 is 1.88 bits per heavy atom. The van der Waals surface area contributed by atoms with Crippen LogP contribution in [0.2, 0.25) is 0 Å². The first-order valence-corrected chi connectivity index (χ1v) is 9.59. The van der Waals surface area contributed by atoms with Gasteiger partial charge in [-0.05, 0) is 24.0 Å². The summed E-state index contributed by atoms with van der Waals surface area (Å²) in [5, 5.41) is 3.10. The maximum absolute atomic E-state index is 12.3. The van der Waals surface area contributed by atoms with E-state index in [1.807, 2.05) is 11.0 Å². The van der Waals surface area contributed by atoms with Crippen LogP contribution in [0.25, 0.3) is 0 Å². The predicted octanol–water partition coefficient (Wildman–Crippen LogP) is 2.84. The average Bonchev–Trinajstić information content (AvgIpc) is 2.65. The molecule has 0 fully saturated rings. The van der Waals surface area contributed by atoms with Gasteiger partial charge in [-0.1, -0.05) is 63.3 Å². The van der Waals surface area contributed by atoms with Crippen LogP contribution in [-0.2, 0) is 17.8 Å². The van der Waals surface area contributed by atoms with Crippen molar-refractivity contribution in [2.45, 2.75) is 58.4 Å². The van der Waals surface area contributed by atoms with Crippen molar-refractivity contribution in [3.8, 4) is 0 Å². The SMILES string of the molecule is CCCCCCCCNC(N)=NCC(=O)N1CCc2ccccc2C1. The van der Waals surface area contributed by atoms with Gasteiger partial charge in [0.25, 0.3) is 0 Å². The van der Waals surface area contributed by atoms with Gasteiger partial charge in [0, 0.05) is 19.6 Å². The first kappa shape index (κ1) is 19.3. The summed E-state index contributed by atoms with van der Waals surface area (Å²) < 4.78 is 0. The minimum absolute atomic E-state index is 0.0406. The van der Waals surface area contributed by atoms with Gasteiger partial charge in [0.15, 0.2) is 5.96 Å². The molecule has 0 unspecified atom stereocenters. The third-order valence-electron chi connectivity index (χ3n) is 4.70. The van der Waals surface area contributed by atoms with E-state index in [1.54, 1.807) is 0 Å². The van der Waals surface area contributed by atoms with Crippen molar-refractivity contribution in [1.29, 1.82) is 0 Å². The van der Waals surface area contributed by atoms with Crippen LogP contribution >= 0.6 is 0 Å². The molecule has 0 spiro atoms. The van der Waals surface area contributed by atoms with Crippen molar-refractivity contribution in [2.75, 3.05) is 19.6 Å². The minimum Gasteiger partial charge on any atom is -0.370 e. The zero-order valence-corrected chi connectivity index (χ0v) is 15.5. The van der Waals surface area contributed by atoms with E-state index in [4.69, 9.17) is 5.73 Å². The number of fused-ring (bicyclic) bond motifs is 1. The molecule has 0 saturated carbocycles. The van der Waals surface area contributed by atoms with Gasteiger partial charge in [0.2, 0.25) is 5.91 Å². The fourth-order valence-corrected chi connectivity index (χ4v) is 3.14. The van der Waals surface area contributed by atoms with E-state index in [9.17, 15) is 4.79 Å². The summed E-state index contributed by atoms with van der Waals surface area (Å²) >= 11 is 0. The van der Waals surface area contributed by atoms with Crippen LogP contribution < -0.4 is 11.1 Å². The number of benzene rings is 1. The molecule has 0 atom stereocenters. The number of amides is 1. The van der Waals surface area contributed by atoms with Crippen molar-refractivity contribution >= 4 is 11.9 Å². The van der Waals surface area contributed by atoms with Gasteiger partial charge < -0.3 is 16.0 Å². The number of guanidine groups is 1. The second kappa shape index (κ2) is 10.7. The molecule has 1 aliphatic rings. The second-order valence-corrected chi connectivity index (χ2v) is 6.73. The summed E-state index contributed by atoms with van der Waals surface area (Å²) in [6.45, 7) is 4.61. The second-order valence-electron chi connectivity index (χ2n) is 6.73. The molecule has 1 heterocycles. The summed E-state index contributed by atoms with van der Waals surface area (Å²) in [5.41, 5.74) is 8.44. The number of nitrogens with two attached hydrogens (primary N) is 1. The number of carbonyl (C=O) groups is 1. The number of aliphatic imine (C=N–C) groups is 1. The molecule has 138 valence electrons. The molecule has 0 aliphatic carbocycles. The molecule has 5 heteroatoms. The minimum atomic E-state index is 0.0406. The lowest BCUT2D eigenvalue weighted by Gasteiger charge is -2.28. The van der Waals surface area contributed by atoms with Crippen molar-refractivity contribution in [3.05, 3.63) is 35.4 Å². The molecule has 25 heavy (non-hydrogen) atoms. The Labute approximate surface area is 151 Å². The first-order chi connectivity index (χ1) is 12.2. The summed E-state index contributed by atoms with van der Waals surface area (Å²) in [7, 11) is 0. The molecular weight excluding hydrogens is 312 g/mol. The van der Waals surface area contributed by atoms with Gasteiger partial charge in [0.1, 0.15) is 6.54 Å². The van der Waals surface area contributed by atoms with E-state index >= 15 is 0 Å². The average molecular weight is 345 g/mol. The smallest absolute Gasteiger partial charge is 0.244 e. The summed E-state index contributed by atoms with van der Waals surface area (Å²) in [4.78, 5) is 18.4. The lowest BCUT2D eigenvalue weighted by Crippen LogP contribution is -2.39. The molecule has 0 saturated heterocycles. The number of nitrogens with zero attached hydrogens (tertiary/aromatic N) is 2. The topological polar surface area (TPSA) is 70.7 Å². The molecule has 1 aromatic rings. The third kappa shape index (κ3) is 6.77. The Bertz CT molecular complexity index is 571. The standard InChI is InChI=1S/C20H32N4O/c1-2-3-4-5-6-9-13-22-20(21)23-15-19(25)24-14-12-17-10-7-8-11-18(17)16-24/h7-8,10-11H,2-6,9,12-16H2,1H3,(H3,21,22,23). The lowest BCUT2D eigenvalue weighted by molar-refractivity contribution is -0.130. The fraction of sp³-hybridized carbons (Fsp3) is 0.600. The highest BCUT2D eigenvalue weighted by molar-refractivity contribution is 5.84. The quantitative estimate of drug-likeness (QED) is 0.411. The van der Waals surface area contributed by atoms with E-state index in [-0.39, 0.29) is 12.5 Å². The maximum Gasteiger partial charge on any atom is 0.244 e. The number of hydrogen-bond acceptors (Lipinski definition) is 2. The van der Waals surface area contributed by atoms with Gasteiger partial charge in [-0.3, -0.25) is 4.79 Å². The van der Waals surface area contributed by atoms with E-state index in [2.05, 4.69) is 35.4 Å². The van der Waals surface area contributed by atoms with Crippen molar-refractivity contribution in [2.24, 2.45) is 10.7 Å². The summed E-state index contributed by atoms with van der Waals surface area (Å²) in [6.07, 6.45) is 8.41. The van der Waals surface area contributed by atoms with Gasteiger partial charge in [-0.15, -0.1) is 0 Å². The number of hydrogen-bond donors (Lipinski definition) is 2. The van der Waals surface area contributed by atoms with Crippen LogP contribution in [0.15, 0.2) is 29.3 Å². The first-order valence-electron chi connectivity index (χ1n) is 9.59. The Morgan fingerprint density at radius 3 is 2.68 bits per heavy atom. The number of carbonyl (C=O) groups excluding carboxylic acids is 1. The predicted molar refractivity (Wildman–Crippen MR) is 103 cm³/mol. The molecular formula is C20H32N4O. The molecule has 1 aliphatic heterocycles. The Morgan fingerprint density at radius 1 is 1.16 bits per heavy atom. The highest BCUT2D eigenvalue weighted by Gasteiger charge is 2.19. The molecule has 1 amide bonds. The summed E-state index contributed by atoms with van der Waals surface area (Å²) in [6, 6.07) is 8.31. The Kier molecular flexibility index (Phi) is 8.29. The normalized spacial score (nSPS) is 14.3. The Hall–Kier alpha value is -2.04. The zero-order chi connectivity index (χ0) is 17.9. The van der Waals surface area contributed by atoms with Gasteiger partial charge >= 0.3 is 0 Å².